The smallest absolute Gasteiger partial charge is 0.308 e. The van der Waals surface area contributed by atoms with Crippen molar-refractivity contribution in [3.63, 3.8) is 0 Å². The zero-order chi connectivity index (χ0) is 17.9. The highest BCUT2D eigenvalue weighted by atomic mass is 32.2. The van der Waals surface area contributed by atoms with Crippen molar-refractivity contribution in [3.05, 3.63) is 42.5 Å². The average Bonchev–Trinajstić information content (AvgIpc) is 2.56. The normalized spacial score (nSPS) is 22.2. The number of carboxylic acids is 1. The summed E-state index contributed by atoms with van der Waals surface area (Å²) in [5.74, 6) is -1.59. The summed E-state index contributed by atoms with van der Waals surface area (Å²) in [5, 5.41) is 11.3. The lowest BCUT2D eigenvalue weighted by Crippen LogP contribution is -2.43. The van der Waals surface area contributed by atoms with Crippen LogP contribution in [0, 0.1) is 5.92 Å². The number of sulfonamides is 1. The minimum absolute atomic E-state index is 0.178. The van der Waals surface area contributed by atoms with Crippen LogP contribution in [0.5, 0.6) is 0 Å². The Morgan fingerprint density at radius 1 is 0.960 bits per heavy atom. The molecule has 2 aromatic rings. The van der Waals surface area contributed by atoms with Crippen LogP contribution in [0.3, 0.4) is 0 Å². The summed E-state index contributed by atoms with van der Waals surface area (Å²) >= 11 is 0. The Bertz CT molecular complexity index is 863. The third-order valence-corrected chi connectivity index (χ3v) is 6.41. The van der Waals surface area contributed by atoms with E-state index >= 15 is 0 Å². The molecule has 1 aliphatic carbocycles. The molecule has 1 saturated carbocycles. The second kappa shape index (κ2) is 7.54. The first kappa shape index (κ1) is 17.9. The Hall–Kier alpha value is -1.92. The number of carboxylic acid groups (broad SMARTS) is 1. The molecule has 6 heteroatoms. The van der Waals surface area contributed by atoms with Crippen molar-refractivity contribution in [2.75, 3.05) is 0 Å². The molecule has 0 bridgehead atoms. The van der Waals surface area contributed by atoms with E-state index in [0.717, 1.165) is 36.5 Å². The number of rotatable bonds is 4. The van der Waals surface area contributed by atoms with E-state index < -0.39 is 28.0 Å². The molecule has 0 amide bonds. The summed E-state index contributed by atoms with van der Waals surface area (Å²) in [4.78, 5) is 11.8. The minimum Gasteiger partial charge on any atom is -0.481 e. The first-order valence-corrected chi connectivity index (χ1v) is 10.2. The molecule has 0 aliphatic heterocycles. The lowest BCUT2D eigenvalue weighted by atomic mass is 9.87. The fourth-order valence-corrected chi connectivity index (χ4v) is 4.87. The van der Waals surface area contributed by atoms with Gasteiger partial charge in [0.2, 0.25) is 10.0 Å². The van der Waals surface area contributed by atoms with Gasteiger partial charge in [0.25, 0.3) is 0 Å². The van der Waals surface area contributed by atoms with Gasteiger partial charge >= 0.3 is 5.97 Å². The van der Waals surface area contributed by atoms with Crippen molar-refractivity contribution in [3.8, 4) is 0 Å². The Morgan fingerprint density at radius 3 is 2.36 bits per heavy atom. The Kier molecular flexibility index (Phi) is 5.39. The Labute approximate surface area is 148 Å². The largest absolute Gasteiger partial charge is 0.481 e. The van der Waals surface area contributed by atoms with Crippen LogP contribution in [0.2, 0.25) is 0 Å². The third kappa shape index (κ3) is 4.19. The molecule has 2 unspecified atom stereocenters. The third-order valence-electron chi connectivity index (χ3n) is 4.92. The van der Waals surface area contributed by atoms with Gasteiger partial charge in [0.1, 0.15) is 0 Å². The molecule has 0 heterocycles. The van der Waals surface area contributed by atoms with Crippen LogP contribution in [0.25, 0.3) is 10.8 Å². The fourth-order valence-electron chi connectivity index (χ4n) is 3.52. The first-order valence-electron chi connectivity index (χ1n) is 8.71. The van der Waals surface area contributed by atoms with E-state index in [1.165, 1.54) is 0 Å². The van der Waals surface area contributed by atoms with Crippen LogP contribution in [-0.4, -0.2) is 25.5 Å². The second-order valence-corrected chi connectivity index (χ2v) is 8.39. The number of aliphatic carboxylic acids is 1. The first-order chi connectivity index (χ1) is 12.0. The van der Waals surface area contributed by atoms with E-state index in [9.17, 15) is 18.3 Å². The van der Waals surface area contributed by atoms with Gasteiger partial charge in [-0.2, -0.15) is 0 Å². The van der Waals surface area contributed by atoms with Gasteiger partial charge in [-0.15, -0.1) is 0 Å². The average molecular weight is 361 g/mol. The van der Waals surface area contributed by atoms with Gasteiger partial charge in [0.15, 0.2) is 0 Å². The van der Waals surface area contributed by atoms with E-state index in [1.54, 1.807) is 18.2 Å². The molecule has 2 aromatic carbocycles. The van der Waals surface area contributed by atoms with Crippen molar-refractivity contribution in [2.45, 2.75) is 49.5 Å². The monoisotopic (exact) mass is 361 g/mol. The van der Waals surface area contributed by atoms with Crippen molar-refractivity contribution in [2.24, 2.45) is 5.92 Å². The predicted molar refractivity (Wildman–Crippen MR) is 96.9 cm³/mol. The molecule has 0 spiro atoms. The molecule has 0 radical (unpaired) electrons. The number of hydrogen-bond acceptors (Lipinski definition) is 3. The van der Waals surface area contributed by atoms with Gasteiger partial charge in [-0.1, -0.05) is 56.0 Å². The SMILES string of the molecule is O=C(O)C1CCCCCCC1NS(=O)(=O)c1ccc2ccccc2c1. The molecule has 2 atom stereocenters. The summed E-state index contributed by atoms with van der Waals surface area (Å²) in [6.07, 6.45) is 4.76. The molecular weight excluding hydrogens is 338 g/mol. The zero-order valence-electron chi connectivity index (χ0n) is 14.0. The van der Waals surface area contributed by atoms with E-state index in [0.29, 0.717) is 12.8 Å². The molecule has 0 aromatic heterocycles. The van der Waals surface area contributed by atoms with Gasteiger partial charge in [-0.3, -0.25) is 4.79 Å². The molecule has 5 nitrogen and oxygen atoms in total. The maximum atomic E-state index is 12.8. The van der Waals surface area contributed by atoms with Crippen molar-refractivity contribution in [1.82, 2.24) is 4.72 Å². The van der Waals surface area contributed by atoms with Gasteiger partial charge in [0.05, 0.1) is 10.8 Å². The van der Waals surface area contributed by atoms with Crippen LogP contribution >= 0.6 is 0 Å². The lowest BCUT2D eigenvalue weighted by Gasteiger charge is -2.27. The van der Waals surface area contributed by atoms with Crippen LogP contribution in [-0.2, 0) is 14.8 Å². The summed E-state index contributed by atoms with van der Waals surface area (Å²) < 4.78 is 28.3. The Balaban J connectivity index is 1.87. The van der Waals surface area contributed by atoms with Crippen molar-refractivity contribution in [1.29, 1.82) is 0 Å². The number of nitrogens with one attached hydrogen (secondary N) is 1. The number of fused-ring (bicyclic) bond motifs is 1. The summed E-state index contributed by atoms with van der Waals surface area (Å²) in [6.45, 7) is 0. The highest BCUT2D eigenvalue weighted by molar-refractivity contribution is 7.89. The number of benzene rings is 2. The van der Waals surface area contributed by atoms with Crippen LogP contribution in [0.4, 0.5) is 0 Å². The maximum absolute atomic E-state index is 12.8. The van der Waals surface area contributed by atoms with Crippen LogP contribution in [0.15, 0.2) is 47.4 Å². The summed E-state index contributed by atoms with van der Waals surface area (Å²) in [6, 6.07) is 12.0. The van der Waals surface area contributed by atoms with Gasteiger partial charge in [0, 0.05) is 6.04 Å². The molecule has 134 valence electrons. The van der Waals surface area contributed by atoms with E-state index in [4.69, 9.17) is 0 Å². The standard InChI is InChI=1S/C19H23NO4S/c21-19(22)17-9-3-1-2-4-10-18(17)20-25(23,24)16-12-11-14-7-5-6-8-15(14)13-16/h5-8,11-13,17-18,20H,1-4,9-10H2,(H,21,22). The quantitative estimate of drug-likeness (QED) is 0.872. The Morgan fingerprint density at radius 2 is 1.64 bits per heavy atom. The van der Waals surface area contributed by atoms with E-state index in [-0.39, 0.29) is 4.90 Å². The number of hydrogen-bond donors (Lipinski definition) is 2. The van der Waals surface area contributed by atoms with Crippen molar-refractivity contribution >= 4 is 26.8 Å². The molecule has 3 rings (SSSR count). The molecule has 0 saturated heterocycles. The van der Waals surface area contributed by atoms with Gasteiger partial charge < -0.3 is 5.11 Å². The molecule has 25 heavy (non-hydrogen) atoms. The highest BCUT2D eigenvalue weighted by Gasteiger charge is 2.32. The predicted octanol–water partition coefficient (Wildman–Crippen LogP) is 3.54. The molecule has 1 aliphatic rings. The fraction of sp³-hybridized carbons (Fsp3) is 0.421. The molecule has 1 fully saturated rings. The van der Waals surface area contributed by atoms with E-state index in [1.807, 2.05) is 24.3 Å². The van der Waals surface area contributed by atoms with Gasteiger partial charge in [-0.05, 0) is 35.7 Å². The molecular formula is C19H23NO4S. The van der Waals surface area contributed by atoms with Crippen LogP contribution < -0.4 is 4.72 Å². The van der Waals surface area contributed by atoms with Crippen molar-refractivity contribution < 1.29 is 18.3 Å². The van der Waals surface area contributed by atoms with E-state index in [2.05, 4.69) is 4.72 Å². The topological polar surface area (TPSA) is 83.5 Å². The minimum atomic E-state index is -3.76. The van der Waals surface area contributed by atoms with Crippen LogP contribution in [0.1, 0.15) is 38.5 Å². The van der Waals surface area contributed by atoms with Gasteiger partial charge in [-0.25, -0.2) is 13.1 Å². The summed E-state index contributed by atoms with van der Waals surface area (Å²) in [7, 11) is -3.76. The highest BCUT2D eigenvalue weighted by Crippen LogP contribution is 2.26. The molecule has 2 N–H and O–H groups in total. The lowest BCUT2D eigenvalue weighted by molar-refractivity contribution is -0.143. The maximum Gasteiger partial charge on any atom is 0.308 e. The number of carbonyl (C=O) groups is 1. The second-order valence-electron chi connectivity index (χ2n) is 6.67. The summed E-state index contributed by atoms with van der Waals surface area (Å²) in [5.41, 5.74) is 0. The zero-order valence-corrected chi connectivity index (χ0v) is 14.8.